The Hall–Kier alpha value is -2.43. The van der Waals surface area contributed by atoms with Gasteiger partial charge < -0.3 is 4.84 Å². The lowest BCUT2D eigenvalue weighted by Gasteiger charge is -2.12. The van der Waals surface area contributed by atoms with Gasteiger partial charge in [-0.15, -0.1) is 6.58 Å². The summed E-state index contributed by atoms with van der Waals surface area (Å²) in [6.45, 7) is 3.59. The second-order valence-electron chi connectivity index (χ2n) is 4.60. The first-order chi connectivity index (χ1) is 9.13. The molecule has 96 valence electrons. The highest BCUT2D eigenvalue weighted by Crippen LogP contribution is 2.40. The molecule has 0 bridgehead atoms. The summed E-state index contributed by atoms with van der Waals surface area (Å²) in [4.78, 5) is 40.6. The number of rotatable bonds is 3. The monoisotopic (exact) mass is 257 g/mol. The summed E-state index contributed by atoms with van der Waals surface area (Å²) >= 11 is 0. The number of nitrogens with zero attached hydrogens (tertiary/aromatic N) is 1. The molecule has 1 aromatic carbocycles. The predicted octanol–water partition coefficient (Wildman–Crippen LogP) is 1.56. The van der Waals surface area contributed by atoms with Crippen LogP contribution in [-0.2, 0) is 9.63 Å². The number of allylic oxidation sites excluding steroid dienone is 1. The zero-order valence-electron chi connectivity index (χ0n) is 10.0. The van der Waals surface area contributed by atoms with Crippen molar-refractivity contribution in [1.29, 1.82) is 0 Å². The van der Waals surface area contributed by atoms with Crippen LogP contribution in [0.2, 0.25) is 0 Å². The first kappa shape index (κ1) is 11.6. The molecule has 1 heterocycles. The third kappa shape index (κ3) is 1.74. The summed E-state index contributed by atoms with van der Waals surface area (Å²) in [6.07, 6.45) is 2.33. The van der Waals surface area contributed by atoms with Crippen LogP contribution in [0.15, 0.2) is 36.9 Å². The van der Waals surface area contributed by atoms with Crippen LogP contribution in [0.5, 0.6) is 0 Å². The van der Waals surface area contributed by atoms with E-state index in [1.165, 1.54) is 12.1 Å². The third-order valence-electron chi connectivity index (χ3n) is 3.38. The number of hydrogen-bond donors (Lipinski definition) is 0. The SMILES string of the molecule is C=CC1CC1C(=O)ON1C(=O)c2ccccc2C1=O. The van der Waals surface area contributed by atoms with Gasteiger partial charge in [-0.05, 0) is 24.5 Å². The normalized spacial score (nSPS) is 24.1. The zero-order chi connectivity index (χ0) is 13.6. The molecule has 2 atom stereocenters. The predicted molar refractivity (Wildman–Crippen MR) is 64.8 cm³/mol. The molecule has 5 nitrogen and oxygen atoms in total. The Morgan fingerprint density at radius 2 is 1.84 bits per heavy atom. The molecule has 2 unspecified atom stereocenters. The summed E-state index contributed by atoms with van der Waals surface area (Å²) in [5, 5.41) is 0.547. The lowest BCUT2D eigenvalue weighted by molar-refractivity contribution is -0.170. The molecule has 0 saturated heterocycles. The largest absolute Gasteiger partial charge is 0.336 e. The van der Waals surface area contributed by atoms with Gasteiger partial charge in [0.05, 0.1) is 17.0 Å². The van der Waals surface area contributed by atoms with E-state index in [9.17, 15) is 14.4 Å². The molecule has 3 rings (SSSR count). The fraction of sp³-hybridized carbons (Fsp3) is 0.214. The second kappa shape index (κ2) is 4.05. The minimum Gasteiger partial charge on any atom is -0.329 e. The summed E-state index contributed by atoms with van der Waals surface area (Å²) < 4.78 is 0. The highest BCUT2D eigenvalue weighted by atomic mass is 16.7. The highest BCUT2D eigenvalue weighted by Gasteiger charge is 2.46. The average Bonchev–Trinajstić information content (AvgIpc) is 3.18. The molecule has 2 amide bonds. The van der Waals surface area contributed by atoms with Gasteiger partial charge in [0.25, 0.3) is 11.8 Å². The van der Waals surface area contributed by atoms with E-state index in [0.717, 1.165) is 0 Å². The molecule has 5 heteroatoms. The van der Waals surface area contributed by atoms with E-state index in [4.69, 9.17) is 4.84 Å². The molecule has 0 N–H and O–H groups in total. The minimum atomic E-state index is -0.593. The van der Waals surface area contributed by atoms with Gasteiger partial charge >= 0.3 is 5.97 Å². The van der Waals surface area contributed by atoms with Gasteiger partial charge in [0.15, 0.2) is 0 Å². The van der Waals surface area contributed by atoms with Gasteiger partial charge in [0.1, 0.15) is 0 Å². The van der Waals surface area contributed by atoms with Crippen LogP contribution in [0.3, 0.4) is 0 Å². The maximum Gasteiger partial charge on any atom is 0.336 e. The Kier molecular flexibility index (Phi) is 2.48. The molecule has 2 aliphatic rings. The Labute approximate surface area is 109 Å². The number of hydrogen-bond acceptors (Lipinski definition) is 4. The molecule has 1 aliphatic carbocycles. The molecule has 1 saturated carbocycles. The Balaban J connectivity index is 1.78. The van der Waals surface area contributed by atoms with Crippen LogP contribution in [0, 0.1) is 11.8 Å². The number of hydroxylamine groups is 2. The van der Waals surface area contributed by atoms with Crippen LogP contribution in [0.25, 0.3) is 0 Å². The molecule has 0 radical (unpaired) electrons. The van der Waals surface area contributed by atoms with Crippen molar-refractivity contribution in [3.05, 3.63) is 48.0 Å². The van der Waals surface area contributed by atoms with E-state index in [-0.39, 0.29) is 23.0 Å². The van der Waals surface area contributed by atoms with E-state index in [1.54, 1.807) is 18.2 Å². The minimum absolute atomic E-state index is 0.0858. The van der Waals surface area contributed by atoms with Gasteiger partial charge in [-0.3, -0.25) is 9.59 Å². The average molecular weight is 257 g/mol. The van der Waals surface area contributed by atoms with Crippen LogP contribution < -0.4 is 0 Å². The van der Waals surface area contributed by atoms with Crippen molar-refractivity contribution >= 4 is 17.8 Å². The van der Waals surface area contributed by atoms with Crippen LogP contribution in [-0.4, -0.2) is 22.8 Å². The number of benzene rings is 1. The molecule has 0 aromatic heterocycles. The lowest BCUT2D eigenvalue weighted by Crippen LogP contribution is -2.33. The molecular formula is C14H11NO4. The van der Waals surface area contributed by atoms with E-state index in [0.29, 0.717) is 11.5 Å². The first-order valence-corrected chi connectivity index (χ1v) is 5.95. The van der Waals surface area contributed by atoms with Gasteiger partial charge in [-0.25, -0.2) is 4.79 Å². The van der Waals surface area contributed by atoms with Crippen molar-refractivity contribution in [2.45, 2.75) is 6.42 Å². The topological polar surface area (TPSA) is 63.7 Å². The van der Waals surface area contributed by atoms with Crippen molar-refractivity contribution in [3.8, 4) is 0 Å². The van der Waals surface area contributed by atoms with Gasteiger partial charge in [0, 0.05) is 0 Å². The molecule has 1 aromatic rings. The number of carbonyl (C=O) groups excluding carboxylic acids is 3. The van der Waals surface area contributed by atoms with Crippen molar-refractivity contribution < 1.29 is 19.2 Å². The summed E-state index contributed by atoms with van der Waals surface area (Å²) in [5.41, 5.74) is 0.521. The Morgan fingerprint density at radius 1 is 1.26 bits per heavy atom. The van der Waals surface area contributed by atoms with E-state index < -0.39 is 17.8 Å². The molecule has 1 aliphatic heterocycles. The Bertz CT molecular complexity index is 572. The van der Waals surface area contributed by atoms with Crippen LogP contribution in [0.1, 0.15) is 27.1 Å². The van der Waals surface area contributed by atoms with Crippen molar-refractivity contribution in [3.63, 3.8) is 0 Å². The smallest absolute Gasteiger partial charge is 0.329 e. The maximum atomic E-state index is 11.9. The van der Waals surface area contributed by atoms with Gasteiger partial charge in [-0.1, -0.05) is 23.3 Å². The highest BCUT2D eigenvalue weighted by molar-refractivity contribution is 6.20. The van der Waals surface area contributed by atoms with E-state index in [1.807, 2.05) is 0 Å². The molecule has 19 heavy (non-hydrogen) atoms. The summed E-state index contributed by atoms with van der Waals surface area (Å²) in [5.74, 6) is -1.95. The van der Waals surface area contributed by atoms with Crippen molar-refractivity contribution in [2.75, 3.05) is 0 Å². The van der Waals surface area contributed by atoms with E-state index >= 15 is 0 Å². The number of imide groups is 1. The quantitative estimate of drug-likeness (QED) is 0.609. The number of carbonyl (C=O) groups is 3. The third-order valence-corrected chi connectivity index (χ3v) is 3.38. The standard InChI is InChI=1S/C14H11NO4/c1-2-8-7-11(8)14(18)19-15-12(16)9-5-3-4-6-10(9)13(15)17/h2-6,8,11H,1,7H2. The fourth-order valence-electron chi connectivity index (χ4n) is 2.15. The van der Waals surface area contributed by atoms with Gasteiger partial charge in [0.2, 0.25) is 0 Å². The van der Waals surface area contributed by atoms with Gasteiger partial charge in [-0.2, -0.15) is 0 Å². The molecule has 1 fully saturated rings. The molecule has 0 spiro atoms. The fourth-order valence-corrected chi connectivity index (χ4v) is 2.15. The second-order valence-corrected chi connectivity index (χ2v) is 4.60. The maximum absolute atomic E-state index is 11.9. The van der Waals surface area contributed by atoms with Crippen molar-refractivity contribution in [1.82, 2.24) is 5.06 Å². The first-order valence-electron chi connectivity index (χ1n) is 5.95. The Morgan fingerprint density at radius 3 is 2.32 bits per heavy atom. The molecular weight excluding hydrogens is 246 g/mol. The van der Waals surface area contributed by atoms with E-state index in [2.05, 4.69) is 6.58 Å². The lowest BCUT2D eigenvalue weighted by atomic mass is 10.1. The number of fused-ring (bicyclic) bond motifs is 1. The van der Waals surface area contributed by atoms with Crippen LogP contribution >= 0.6 is 0 Å². The summed E-state index contributed by atoms with van der Waals surface area (Å²) in [7, 11) is 0. The number of amides is 2. The van der Waals surface area contributed by atoms with Crippen LogP contribution in [0.4, 0.5) is 0 Å². The van der Waals surface area contributed by atoms with Crippen molar-refractivity contribution in [2.24, 2.45) is 11.8 Å². The summed E-state index contributed by atoms with van der Waals surface area (Å²) in [6, 6.07) is 6.38. The zero-order valence-corrected chi connectivity index (χ0v) is 10.0.